The van der Waals surface area contributed by atoms with E-state index in [4.69, 9.17) is 14.6 Å². The molecule has 1 unspecified atom stereocenters. The van der Waals surface area contributed by atoms with Crippen LogP contribution in [-0.4, -0.2) is 72.7 Å². The van der Waals surface area contributed by atoms with Gasteiger partial charge in [-0.2, -0.15) is 0 Å². The van der Waals surface area contributed by atoms with Crippen molar-refractivity contribution in [1.29, 1.82) is 0 Å². The molecule has 0 aromatic heterocycles. The fourth-order valence-corrected chi connectivity index (χ4v) is 3.09. The molecule has 1 fully saturated rings. The van der Waals surface area contributed by atoms with E-state index in [1.807, 2.05) is 0 Å². The number of aliphatic hydroxyl groups is 1. The number of carbonyl (C=O) groups excluding carboxylic acids is 4. The largest absolute Gasteiger partial charge is 0.394 e. The second-order valence-electron chi connectivity index (χ2n) is 6.40. The first-order chi connectivity index (χ1) is 14.0. The number of rotatable bonds is 7. The van der Waals surface area contributed by atoms with Crippen LogP contribution in [0.4, 0.5) is 0 Å². The number of hydrogen-bond donors (Lipinski definition) is 2. The monoisotopic (exact) mass is 400 g/mol. The van der Waals surface area contributed by atoms with E-state index in [-0.39, 0.29) is 43.8 Å². The first-order valence-electron chi connectivity index (χ1n) is 9.13. The lowest BCUT2D eigenvalue weighted by atomic mass is 10.0. The minimum Gasteiger partial charge on any atom is -0.394 e. The number of carbonyl (C=O) groups is 4. The number of aliphatic hydroxyl groups excluding tert-OH is 1. The number of ether oxygens (including phenoxy) is 2. The predicted molar refractivity (Wildman–Crippen MR) is 98.7 cm³/mol. The SMILES string of the molecule is O=C1CCC(N2C(=O)c3ccc(C#CCOCCOCCO)cc3C2=O)C(=O)N1. The summed E-state index contributed by atoms with van der Waals surface area (Å²) in [5.74, 6) is 3.49. The van der Waals surface area contributed by atoms with Gasteiger partial charge in [-0.25, -0.2) is 0 Å². The summed E-state index contributed by atoms with van der Waals surface area (Å²) in [7, 11) is 0. The van der Waals surface area contributed by atoms with Gasteiger partial charge in [0.1, 0.15) is 12.6 Å². The average molecular weight is 400 g/mol. The summed E-state index contributed by atoms with van der Waals surface area (Å²) in [6.45, 7) is 1.07. The highest BCUT2D eigenvalue weighted by molar-refractivity contribution is 6.23. The van der Waals surface area contributed by atoms with Crippen molar-refractivity contribution >= 4 is 23.6 Å². The van der Waals surface area contributed by atoms with Gasteiger partial charge in [0.05, 0.1) is 37.6 Å². The van der Waals surface area contributed by atoms with Gasteiger partial charge in [0.25, 0.3) is 11.8 Å². The summed E-state index contributed by atoms with van der Waals surface area (Å²) in [6, 6.07) is 3.65. The molecular formula is C20H20N2O7. The minimum absolute atomic E-state index is 0.0413. The van der Waals surface area contributed by atoms with E-state index in [0.29, 0.717) is 18.8 Å². The molecule has 0 bridgehead atoms. The van der Waals surface area contributed by atoms with E-state index >= 15 is 0 Å². The van der Waals surface area contributed by atoms with Crippen LogP contribution >= 0.6 is 0 Å². The highest BCUT2D eigenvalue weighted by Crippen LogP contribution is 2.28. The Morgan fingerprint density at radius 2 is 1.83 bits per heavy atom. The molecule has 0 aliphatic carbocycles. The van der Waals surface area contributed by atoms with Crippen molar-refractivity contribution in [3.8, 4) is 11.8 Å². The Morgan fingerprint density at radius 3 is 2.59 bits per heavy atom. The number of amides is 4. The van der Waals surface area contributed by atoms with Crippen molar-refractivity contribution in [3.63, 3.8) is 0 Å². The van der Waals surface area contributed by atoms with Crippen molar-refractivity contribution in [3.05, 3.63) is 34.9 Å². The third kappa shape index (κ3) is 4.68. The molecule has 1 atom stereocenters. The number of fused-ring (bicyclic) bond motifs is 1. The van der Waals surface area contributed by atoms with Gasteiger partial charge in [0, 0.05) is 12.0 Å². The van der Waals surface area contributed by atoms with Gasteiger partial charge in [0.15, 0.2) is 0 Å². The van der Waals surface area contributed by atoms with Crippen LogP contribution in [0.2, 0.25) is 0 Å². The molecule has 9 heteroatoms. The normalized spacial score (nSPS) is 18.4. The van der Waals surface area contributed by atoms with E-state index in [9.17, 15) is 19.2 Å². The first-order valence-corrected chi connectivity index (χ1v) is 9.13. The van der Waals surface area contributed by atoms with Crippen LogP contribution in [0.3, 0.4) is 0 Å². The Labute approximate surface area is 167 Å². The summed E-state index contributed by atoms with van der Waals surface area (Å²) < 4.78 is 10.3. The van der Waals surface area contributed by atoms with E-state index in [2.05, 4.69) is 17.2 Å². The molecular weight excluding hydrogens is 380 g/mol. The number of hydrogen-bond acceptors (Lipinski definition) is 7. The fraction of sp³-hybridized carbons (Fsp3) is 0.400. The topological polar surface area (TPSA) is 122 Å². The van der Waals surface area contributed by atoms with Crippen molar-refractivity contribution < 1.29 is 33.8 Å². The maximum absolute atomic E-state index is 12.7. The smallest absolute Gasteiger partial charge is 0.262 e. The van der Waals surface area contributed by atoms with Crippen LogP contribution < -0.4 is 5.32 Å². The predicted octanol–water partition coefficient (Wildman–Crippen LogP) is -0.535. The van der Waals surface area contributed by atoms with E-state index < -0.39 is 29.7 Å². The van der Waals surface area contributed by atoms with Crippen molar-refractivity contribution in [1.82, 2.24) is 10.2 Å². The third-order valence-corrected chi connectivity index (χ3v) is 4.45. The number of piperidine rings is 1. The molecule has 152 valence electrons. The molecule has 3 rings (SSSR count). The molecule has 2 N–H and O–H groups in total. The summed E-state index contributed by atoms with van der Waals surface area (Å²) in [4.78, 5) is 49.6. The van der Waals surface area contributed by atoms with E-state index in [0.717, 1.165) is 4.90 Å². The van der Waals surface area contributed by atoms with Crippen molar-refractivity contribution in [2.75, 3.05) is 33.0 Å². The molecule has 0 radical (unpaired) electrons. The molecule has 0 saturated carbocycles. The van der Waals surface area contributed by atoms with Crippen LogP contribution in [0, 0.1) is 11.8 Å². The molecule has 1 aromatic carbocycles. The molecule has 2 aliphatic rings. The number of nitrogens with one attached hydrogen (secondary N) is 1. The second kappa shape index (κ2) is 9.43. The molecule has 1 aromatic rings. The Balaban J connectivity index is 1.63. The fourth-order valence-electron chi connectivity index (χ4n) is 3.09. The average Bonchev–Trinajstić information content (AvgIpc) is 2.94. The highest BCUT2D eigenvalue weighted by atomic mass is 16.5. The van der Waals surface area contributed by atoms with Crippen LogP contribution in [-0.2, 0) is 19.1 Å². The van der Waals surface area contributed by atoms with Crippen LogP contribution in [0.5, 0.6) is 0 Å². The van der Waals surface area contributed by atoms with Crippen LogP contribution in [0.15, 0.2) is 18.2 Å². The zero-order valence-corrected chi connectivity index (χ0v) is 15.6. The molecule has 4 amide bonds. The summed E-state index contributed by atoms with van der Waals surface area (Å²) >= 11 is 0. The van der Waals surface area contributed by atoms with Gasteiger partial charge in [0.2, 0.25) is 11.8 Å². The first kappa shape index (κ1) is 20.7. The van der Waals surface area contributed by atoms with Crippen LogP contribution in [0.1, 0.15) is 39.1 Å². The van der Waals surface area contributed by atoms with Crippen molar-refractivity contribution in [2.24, 2.45) is 0 Å². The van der Waals surface area contributed by atoms with Gasteiger partial charge in [-0.3, -0.25) is 29.4 Å². The third-order valence-electron chi connectivity index (χ3n) is 4.45. The molecule has 2 heterocycles. The van der Waals surface area contributed by atoms with Gasteiger partial charge >= 0.3 is 0 Å². The number of imide groups is 2. The lowest BCUT2D eigenvalue weighted by molar-refractivity contribution is -0.136. The number of nitrogens with zero attached hydrogens (tertiary/aromatic N) is 1. The summed E-state index contributed by atoms with van der Waals surface area (Å²) in [6.07, 6.45) is 0.188. The summed E-state index contributed by atoms with van der Waals surface area (Å²) in [5.41, 5.74) is 0.933. The standard InChI is InChI=1S/C20H20N2O7/c23-7-9-29-11-10-28-8-1-2-13-3-4-14-15(12-13)20(27)22(19(14)26)16-5-6-17(24)21-18(16)25/h3-4,12,16,23H,5-11H2,(H,21,24,25). The maximum Gasteiger partial charge on any atom is 0.262 e. The van der Waals surface area contributed by atoms with Crippen molar-refractivity contribution in [2.45, 2.75) is 18.9 Å². The molecule has 0 spiro atoms. The van der Waals surface area contributed by atoms with Gasteiger partial charge in [-0.15, -0.1) is 0 Å². The Bertz CT molecular complexity index is 900. The zero-order valence-electron chi connectivity index (χ0n) is 15.6. The Morgan fingerprint density at radius 1 is 1.07 bits per heavy atom. The lowest BCUT2D eigenvalue weighted by Gasteiger charge is -2.27. The second-order valence-corrected chi connectivity index (χ2v) is 6.40. The minimum atomic E-state index is -0.990. The molecule has 9 nitrogen and oxygen atoms in total. The van der Waals surface area contributed by atoms with Gasteiger partial charge in [-0.05, 0) is 24.6 Å². The van der Waals surface area contributed by atoms with Crippen LogP contribution in [0.25, 0.3) is 0 Å². The van der Waals surface area contributed by atoms with E-state index in [1.165, 1.54) is 12.1 Å². The molecule has 29 heavy (non-hydrogen) atoms. The molecule has 1 saturated heterocycles. The quantitative estimate of drug-likeness (QED) is 0.358. The zero-order chi connectivity index (χ0) is 20.8. The Hall–Kier alpha value is -3.06. The van der Waals surface area contributed by atoms with Gasteiger partial charge < -0.3 is 14.6 Å². The maximum atomic E-state index is 12.7. The number of benzene rings is 1. The highest BCUT2D eigenvalue weighted by Gasteiger charge is 2.44. The summed E-state index contributed by atoms with van der Waals surface area (Å²) in [5, 5.41) is 10.7. The molecule has 2 aliphatic heterocycles. The Kier molecular flexibility index (Phi) is 6.72. The van der Waals surface area contributed by atoms with E-state index in [1.54, 1.807) is 6.07 Å². The lowest BCUT2D eigenvalue weighted by Crippen LogP contribution is -2.54. The van der Waals surface area contributed by atoms with Gasteiger partial charge in [-0.1, -0.05) is 11.8 Å².